The Morgan fingerprint density at radius 3 is 1.46 bits per heavy atom. The lowest BCUT2D eigenvalue weighted by Gasteiger charge is -2.28. The van der Waals surface area contributed by atoms with E-state index in [1.807, 2.05) is 0 Å². The second-order valence-corrected chi connectivity index (χ2v) is 19.9. The van der Waals surface area contributed by atoms with Crippen LogP contribution < -0.4 is 4.90 Å². The van der Waals surface area contributed by atoms with E-state index in [1.54, 1.807) is 0 Å². The molecule has 0 aliphatic heterocycles. The standard InChI is InChI=1S/C65H58N2/c1-43(2)39-58(44(3)4)49-27-25-48(26-28-49)51-32-38-64-60(41-51)59-40-50(31-37-63(59)67(64)53-17-11-8-12-18-53)47-23-21-45(22-24-47)46-29-33-54(34-30-46)66(52-15-9-7-10-16-52)55-35-36-57-56-19-13-14-20-61(56)65(5,6)62(57)42-55/h7-38,40-44,58H,39H2,1-6H3. The molecule has 0 radical (unpaired) electrons. The zero-order chi connectivity index (χ0) is 45.8. The molecule has 0 amide bonds. The van der Waals surface area contributed by atoms with Crippen LogP contribution in [0.5, 0.6) is 0 Å². The van der Waals surface area contributed by atoms with Gasteiger partial charge in [-0.15, -0.1) is 0 Å². The van der Waals surface area contributed by atoms with Crippen LogP contribution in [0.1, 0.15) is 70.6 Å². The SMILES string of the molecule is CC(C)CC(c1ccc(-c2ccc3c(c2)c2cc(-c4ccc(-c5ccc(N(c6ccccc6)c6ccc7c(c6)C(C)(C)c6ccccc6-7)cc5)cc4)ccc2n3-c2ccccc2)cc1)C(C)C. The summed E-state index contributed by atoms with van der Waals surface area (Å²) in [7, 11) is 0. The molecule has 1 unspecified atom stereocenters. The van der Waals surface area contributed by atoms with E-state index < -0.39 is 0 Å². The summed E-state index contributed by atoms with van der Waals surface area (Å²) in [4.78, 5) is 2.38. The molecular weight excluding hydrogens is 809 g/mol. The number of aromatic nitrogens is 1. The van der Waals surface area contributed by atoms with E-state index in [0.717, 1.165) is 17.1 Å². The van der Waals surface area contributed by atoms with Crippen molar-refractivity contribution < 1.29 is 0 Å². The van der Waals surface area contributed by atoms with E-state index in [0.29, 0.717) is 17.8 Å². The van der Waals surface area contributed by atoms with Gasteiger partial charge in [-0.1, -0.05) is 181 Å². The summed E-state index contributed by atoms with van der Waals surface area (Å²) in [6.07, 6.45) is 1.21. The van der Waals surface area contributed by atoms with E-state index in [-0.39, 0.29) is 5.41 Å². The van der Waals surface area contributed by atoms with Crippen LogP contribution in [0.15, 0.2) is 212 Å². The van der Waals surface area contributed by atoms with Gasteiger partial charge in [0.05, 0.1) is 11.0 Å². The lowest BCUT2D eigenvalue weighted by molar-refractivity contribution is 0.408. The Bertz CT molecular complexity index is 3370. The van der Waals surface area contributed by atoms with Gasteiger partial charge in [-0.25, -0.2) is 0 Å². The van der Waals surface area contributed by atoms with Gasteiger partial charge in [0.25, 0.3) is 0 Å². The van der Waals surface area contributed by atoms with Gasteiger partial charge in [0.2, 0.25) is 0 Å². The second-order valence-electron chi connectivity index (χ2n) is 19.9. The third kappa shape index (κ3) is 7.65. The summed E-state index contributed by atoms with van der Waals surface area (Å²) in [6.45, 7) is 14.1. The van der Waals surface area contributed by atoms with Crippen molar-refractivity contribution in [1.29, 1.82) is 0 Å². The van der Waals surface area contributed by atoms with Gasteiger partial charge in [-0.05, 0) is 158 Å². The molecule has 0 fully saturated rings. The number of hydrogen-bond acceptors (Lipinski definition) is 1. The molecule has 1 aromatic heterocycles. The topological polar surface area (TPSA) is 8.17 Å². The van der Waals surface area contributed by atoms with Gasteiger partial charge in [-0.3, -0.25) is 0 Å². The Morgan fingerprint density at radius 2 is 0.881 bits per heavy atom. The van der Waals surface area contributed by atoms with Crippen molar-refractivity contribution in [2.24, 2.45) is 11.8 Å². The molecule has 9 aromatic carbocycles. The van der Waals surface area contributed by atoms with Gasteiger partial charge < -0.3 is 9.47 Å². The van der Waals surface area contributed by atoms with Crippen molar-refractivity contribution in [3.05, 3.63) is 229 Å². The highest BCUT2D eigenvalue weighted by Gasteiger charge is 2.35. The molecule has 0 spiro atoms. The smallest absolute Gasteiger partial charge is 0.0541 e. The summed E-state index contributed by atoms with van der Waals surface area (Å²) < 4.78 is 2.41. The molecular formula is C65H58N2. The van der Waals surface area contributed by atoms with Crippen LogP contribution in [0.4, 0.5) is 17.1 Å². The van der Waals surface area contributed by atoms with Gasteiger partial charge in [0.1, 0.15) is 0 Å². The maximum absolute atomic E-state index is 2.41. The molecule has 1 heterocycles. The Morgan fingerprint density at radius 1 is 0.418 bits per heavy atom. The highest BCUT2D eigenvalue weighted by atomic mass is 15.1. The van der Waals surface area contributed by atoms with Crippen LogP contribution >= 0.6 is 0 Å². The average Bonchev–Trinajstić information content (AvgIpc) is 3.81. The number of benzene rings is 9. The van der Waals surface area contributed by atoms with Crippen LogP contribution in [0, 0.1) is 11.8 Å². The summed E-state index contributed by atoms with van der Waals surface area (Å²) >= 11 is 0. The minimum atomic E-state index is -0.0749. The number of fused-ring (bicyclic) bond motifs is 6. The average molecular weight is 867 g/mol. The third-order valence-corrected chi connectivity index (χ3v) is 14.5. The first-order chi connectivity index (χ1) is 32.6. The van der Waals surface area contributed by atoms with Gasteiger partial charge in [0, 0.05) is 38.9 Å². The molecule has 10 aromatic rings. The van der Waals surface area contributed by atoms with Crippen molar-refractivity contribution in [3.8, 4) is 50.2 Å². The molecule has 11 rings (SSSR count). The molecule has 2 heteroatoms. The van der Waals surface area contributed by atoms with Crippen LogP contribution in [-0.4, -0.2) is 4.57 Å². The Labute approximate surface area is 396 Å². The summed E-state index contributed by atoms with van der Waals surface area (Å²) in [5.41, 5.74) is 21.1. The number of nitrogens with zero attached hydrogens (tertiary/aromatic N) is 2. The first kappa shape index (κ1) is 42.2. The van der Waals surface area contributed by atoms with Gasteiger partial charge >= 0.3 is 0 Å². The Kier molecular flexibility index (Phi) is 10.8. The van der Waals surface area contributed by atoms with E-state index >= 15 is 0 Å². The predicted octanol–water partition coefficient (Wildman–Crippen LogP) is 18.3. The summed E-state index contributed by atoms with van der Waals surface area (Å²) in [6, 6.07) is 78.9. The van der Waals surface area contributed by atoms with Crippen molar-refractivity contribution in [3.63, 3.8) is 0 Å². The van der Waals surface area contributed by atoms with Crippen molar-refractivity contribution in [1.82, 2.24) is 4.57 Å². The molecule has 0 saturated heterocycles. The molecule has 67 heavy (non-hydrogen) atoms. The third-order valence-electron chi connectivity index (χ3n) is 14.5. The minimum absolute atomic E-state index is 0.0749. The van der Waals surface area contributed by atoms with E-state index in [2.05, 4.69) is 263 Å². The number of hydrogen-bond donors (Lipinski definition) is 0. The van der Waals surface area contributed by atoms with Crippen LogP contribution in [0.3, 0.4) is 0 Å². The van der Waals surface area contributed by atoms with Crippen LogP contribution in [-0.2, 0) is 5.41 Å². The fourth-order valence-corrected chi connectivity index (χ4v) is 11.0. The largest absolute Gasteiger partial charge is 0.310 e. The molecule has 328 valence electrons. The maximum atomic E-state index is 2.41. The van der Waals surface area contributed by atoms with E-state index in [9.17, 15) is 0 Å². The normalized spacial score (nSPS) is 13.3. The Hall–Kier alpha value is -7.42. The lowest BCUT2D eigenvalue weighted by Crippen LogP contribution is -2.16. The van der Waals surface area contributed by atoms with E-state index in [4.69, 9.17) is 0 Å². The molecule has 0 N–H and O–H groups in total. The zero-order valence-corrected chi connectivity index (χ0v) is 39.5. The lowest BCUT2D eigenvalue weighted by atomic mass is 9.82. The van der Waals surface area contributed by atoms with Crippen LogP contribution in [0.2, 0.25) is 0 Å². The number of anilines is 3. The van der Waals surface area contributed by atoms with Crippen molar-refractivity contribution in [2.45, 2.75) is 59.3 Å². The van der Waals surface area contributed by atoms with Crippen LogP contribution in [0.25, 0.3) is 72.0 Å². The summed E-state index contributed by atoms with van der Waals surface area (Å²) in [5.74, 6) is 1.85. The maximum Gasteiger partial charge on any atom is 0.0541 e. The number of rotatable bonds is 11. The first-order valence-electron chi connectivity index (χ1n) is 24.2. The van der Waals surface area contributed by atoms with Gasteiger partial charge in [-0.2, -0.15) is 0 Å². The molecule has 1 atom stereocenters. The van der Waals surface area contributed by atoms with Crippen molar-refractivity contribution >= 4 is 38.9 Å². The molecule has 1 aliphatic rings. The second kappa shape index (κ2) is 17.1. The molecule has 0 bridgehead atoms. The molecule has 1 aliphatic carbocycles. The number of para-hydroxylation sites is 2. The quantitative estimate of drug-likeness (QED) is 0.126. The highest BCUT2D eigenvalue weighted by Crippen LogP contribution is 2.51. The predicted molar refractivity (Wildman–Crippen MR) is 286 cm³/mol. The monoisotopic (exact) mass is 866 g/mol. The molecule has 0 saturated carbocycles. The molecule has 2 nitrogen and oxygen atoms in total. The minimum Gasteiger partial charge on any atom is -0.310 e. The van der Waals surface area contributed by atoms with E-state index in [1.165, 1.54) is 95.1 Å². The first-order valence-corrected chi connectivity index (χ1v) is 24.2. The highest BCUT2D eigenvalue weighted by molar-refractivity contribution is 6.11. The Balaban J connectivity index is 0.912. The van der Waals surface area contributed by atoms with Gasteiger partial charge in [0.15, 0.2) is 0 Å². The zero-order valence-electron chi connectivity index (χ0n) is 39.5. The summed E-state index contributed by atoms with van der Waals surface area (Å²) in [5, 5.41) is 2.52. The fraction of sp³-hybridized carbons (Fsp3) is 0.169. The van der Waals surface area contributed by atoms with Crippen molar-refractivity contribution in [2.75, 3.05) is 4.90 Å². The fourth-order valence-electron chi connectivity index (χ4n) is 11.0.